The monoisotopic (exact) mass is 270 g/mol. The minimum absolute atomic E-state index is 0.0577. The van der Waals surface area contributed by atoms with Gasteiger partial charge < -0.3 is 0 Å². The lowest BCUT2D eigenvalue weighted by atomic mass is 9.85. The van der Waals surface area contributed by atoms with Gasteiger partial charge in [0.05, 0.1) is 11.4 Å². The van der Waals surface area contributed by atoms with Crippen LogP contribution in [-0.2, 0) is 12.8 Å². The molecule has 0 aliphatic heterocycles. The van der Waals surface area contributed by atoms with Crippen LogP contribution in [-0.4, -0.2) is 9.97 Å². The molecule has 0 N–H and O–H groups in total. The van der Waals surface area contributed by atoms with E-state index in [9.17, 15) is 0 Å². The van der Waals surface area contributed by atoms with E-state index in [2.05, 4.69) is 51.5 Å². The maximum atomic E-state index is 9.09. The number of aromatic nitrogens is 2. The molecule has 0 fully saturated rings. The molecule has 1 heterocycles. The van der Waals surface area contributed by atoms with Gasteiger partial charge in [-0.2, -0.15) is 10.5 Å². The third kappa shape index (κ3) is 4.63. The van der Waals surface area contributed by atoms with Crippen LogP contribution < -0.4 is 0 Å². The average Bonchev–Trinajstić information content (AvgIpc) is 2.27. The van der Waals surface area contributed by atoms with Crippen molar-refractivity contribution in [3.05, 3.63) is 22.8 Å². The molecule has 1 aromatic rings. The maximum Gasteiger partial charge on any atom is 0.177 e. The van der Waals surface area contributed by atoms with Crippen LogP contribution in [0, 0.1) is 33.5 Å². The second-order valence-corrected chi connectivity index (χ2v) is 7.51. The van der Waals surface area contributed by atoms with Gasteiger partial charge in [0.15, 0.2) is 11.4 Å². The topological polar surface area (TPSA) is 73.4 Å². The number of rotatable bonds is 2. The molecule has 0 saturated heterocycles. The first-order valence-corrected chi connectivity index (χ1v) is 6.76. The summed E-state index contributed by atoms with van der Waals surface area (Å²) in [5, 5.41) is 18.2. The number of nitriles is 2. The molecule has 0 saturated carbocycles. The highest BCUT2D eigenvalue weighted by Crippen LogP contribution is 2.26. The highest BCUT2D eigenvalue weighted by Gasteiger charge is 2.22. The highest BCUT2D eigenvalue weighted by molar-refractivity contribution is 5.37. The van der Waals surface area contributed by atoms with Crippen LogP contribution in [0.15, 0.2) is 0 Å². The number of hydrogen-bond donors (Lipinski definition) is 0. The lowest BCUT2D eigenvalue weighted by Crippen LogP contribution is -2.19. The largest absolute Gasteiger partial charge is 0.237 e. The quantitative estimate of drug-likeness (QED) is 0.825. The molecule has 4 heteroatoms. The van der Waals surface area contributed by atoms with Gasteiger partial charge in [-0.15, -0.1) is 0 Å². The molecule has 0 aromatic carbocycles. The Labute approximate surface area is 121 Å². The van der Waals surface area contributed by atoms with Crippen molar-refractivity contribution in [3.8, 4) is 12.1 Å². The first-order valence-electron chi connectivity index (χ1n) is 6.76. The van der Waals surface area contributed by atoms with E-state index in [1.807, 2.05) is 12.1 Å². The van der Waals surface area contributed by atoms with Crippen molar-refractivity contribution in [2.24, 2.45) is 10.8 Å². The highest BCUT2D eigenvalue weighted by atomic mass is 14.9. The molecule has 0 atom stereocenters. The lowest BCUT2D eigenvalue weighted by Gasteiger charge is -2.23. The Morgan fingerprint density at radius 3 is 1.25 bits per heavy atom. The van der Waals surface area contributed by atoms with Crippen LogP contribution in [0.4, 0.5) is 0 Å². The first-order chi connectivity index (χ1) is 9.05. The third-order valence-electron chi connectivity index (χ3n) is 2.66. The van der Waals surface area contributed by atoms with E-state index in [0.29, 0.717) is 0 Å². The Bertz CT molecular complexity index is 522. The van der Waals surface area contributed by atoms with Crippen LogP contribution in [0.1, 0.15) is 64.3 Å². The normalized spacial score (nSPS) is 11.8. The fourth-order valence-corrected chi connectivity index (χ4v) is 1.95. The smallest absolute Gasteiger partial charge is 0.177 e. The second kappa shape index (κ2) is 5.59. The summed E-state index contributed by atoms with van der Waals surface area (Å²) in [6.07, 6.45) is 1.48. The molecule has 0 unspecified atom stereocenters. The summed E-state index contributed by atoms with van der Waals surface area (Å²) >= 11 is 0. The van der Waals surface area contributed by atoms with Crippen molar-refractivity contribution in [2.45, 2.75) is 54.4 Å². The van der Waals surface area contributed by atoms with Crippen LogP contribution >= 0.6 is 0 Å². The molecule has 1 aromatic heterocycles. The molecule has 0 aliphatic rings. The van der Waals surface area contributed by atoms with Crippen LogP contribution in [0.25, 0.3) is 0 Å². The zero-order valence-electron chi connectivity index (χ0n) is 13.2. The van der Waals surface area contributed by atoms with E-state index in [0.717, 1.165) is 24.2 Å². The SMILES string of the molecule is CC(C)(C)Cc1nc(C#N)c(C#N)nc1CC(C)(C)C. The van der Waals surface area contributed by atoms with Gasteiger partial charge >= 0.3 is 0 Å². The fourth-order valence-electron chi connectivity index (χ4n) is 1.95. The van der Waals surface area contributed by atoms with Gasteiger partial charge in [-0.3, -0.25) is 0 Å². The number of nitrogens with zero attached hydrogens (tertiary/aromatic N) is 4. The molecule has 1 rings (SSSR count). The first kappa shape index (κ1) is 16.1. The van der Waals surface area contributed by atoms with Crippen molar-refractivity contribution >= 4 is 0 Å². The molecular weight excluding hydrogens is 248 g/mol. The Morgan fingerprint density at radius 1 is 0.750 bits per heavy atom. The van der Waals surface area contributed by atoms with E-state index in [1.165, 1.54) is 0 Å². The van der Waals surface area contributed by atoms with Gasteiger partial charge in [-0.25, -0.2) is 9.97 Å². The predicted octanol–water partition coefficient (Wildman–Crippen LogP) is 3.40. The van der Waals surface area contributed by atoms with Crippen LogP contribution in [0.2, 0.25) is 0 Å². The van der Waals surface area contributed by atoms with E-state index < -0.39 is 0 Å². The minimum atomic E-state index is 0.0577. The summed E-state index contributed by atoms with van der Waals surface area (Å²) in [6.45, 7) is 12.7. The zero-order chi connectivity index (χ0) is 15.6. The van der Waals surface area contributed by atoms with Gasteiger partial charge in [0.25, 0.3) is 0 Å². The summed E-state index contributed by atoms with van der Waals surface area (Å²) in [6, 6.07) is 3.93. The van der Waals surface area contributed by atoms with E-state index >= 15 is 0 Å². The van der Waals surface area contributed by atoms with Gasteiger partial charge in [0.2, 0.25) is 0 Å². The summed E-state index contributed by atoms with van der Waals surface area (Å²) in [5.41, 5.74) is 2.05. The summed E-state index contributed by atoms with van der Waals surface area (Å²) < 4.78 is 0. The molecule has 4 nitrogen and oxygen atoms in total. The molecule has 0 bridgehead atoms. The Kier molecular flexibility index (Phi) is 4.50. The van der Waals surface area contributed by atoms with E-state index in [4.69, 9.17) is 10.5 Å². The van der Waals surface area contributed by atoms with Crippen molar-refractivity contribution in [1.82, 2.24) is 9.97 Å². The third-order valence-corrected chi connectivity index (χ3v) is 2.66. The predicted molar refractivity (Wildman–Crippen MR) is 77.8 cm³/mol. The molecular formula is C16H22N4. The number of hydrogen-bond acceptors (Lipinski definition) is 4. The molecule has 0 spiro atoms. The summed E-state index contributed by atoms with van der Waals surface area (Å²) in [7, 11) is 0. The van der Waals surface area contributed by atoms with Gasteiger partial charge in [-0.1, -0.05) is 41.5 Å². The molecule has 106 valence electrons. The van der Waals surface area contributed by atoms with Gasteiger partial charge in [-0.05, 0) is 23.7 Å². The fraction of sp³-hybridized carbons (Fsp3) is 0.625. The standard InChI is InChI=1S/C16H22N4/c1-15(2,3)7-11-12(8-16(4,5)6)20-14(10-18)13(9-17)19-11/h7-8H2,1-6H3. The van der Waals surface area contributed by atoms with Crippen molar-refractivity contribution in [2.75, 3.05) is 0 Å². The second-order valence-electron chi connectivity index (χ2n) is 7.51. The van der Waals surface area contributed by atoms with E-state index in [-0.39, 0.29) is 22.2 Å². The Morgan fingerprint density at radius 2 is 1.05 bits per heavy atom. The van der Waals surface area contributed by atoms with Crippen molar-refractivity contribution < 1.29 is 0 Å². The molecule has 0 aliphatic carbocycles. The molecule has 0 amide bonds. The minimum Gasteiger partial charge on any atom is -0.237 e. The Hall–Kier alpha value is -1.94. The molecule has 0 radical (unpaired) electrons. The van der Waals surface area contributed by atoms with Crippen LogP contribution in [0.5, 0.6) is 0 Å². The average molecular weight is 270 g/mol. The van der Waals surface area contributed by atoms with Gasteiger partial charge in [0, 0.05) is 0 Å². The molecule has 20 heavy (non-hydrogen) atoms. The van der Waals surface area contributed by atoms with E-state index in [1.54, 1.807) is 0 Å². The lowest BCUT2D eigenvalue weighted by molar-refractivity contribution is 0.383. The zero-order valence-corrected chi connectivity index (χ0v) is 13.2. The van der Waals surface area contributed by atoms with Crippen LogP contribution in [0.3, 0.4) is 0 Å². The summed E-state index contributed by atoms with van der Waals surface area (Å²) in [5.74, 6) is 0. The van der Waals surface area contributed by atoms with Crippen molar-refractivity contribution in [3.63, 3.8) is 0 Å². The Balaban J connectivity index is 3.38. The maximum absolute atomic E-state index is 9.09. The van der Waals surface area contributed by atoms with Gasteiger partial charge in [0.1, 0.15) is 12.1 Å². The van der Waals surface area contributed by atoms with Crippen molar-refractivity contribution in [1.29, 1.82) is 10.5 Å². The summed E-state index contributed by atoms with van der Waals surface area (Å²) in [4.78, 5) is 8.77.